The molecule has 1 aromatic carbocycles. The van der Waals surface area contributed by atoms with Crippen molar-refractivity contribution in [3.05, 3.63) is 53.7 Å². The van der Waals surface area contributed by atoms with Gasteiger partial charge in [-0.1, -0.05) is 26.3 Å². The smallest absolute Gasteiger partial charge is 0.255 e. The van der Waals surface area contributed by atoms with Gasteiger partial charge in [0, 0.05) is 34.8 Å². The molecule has 1 saturated heterocycles. The molecule has 0 radical (unpaired) electrons. The Kier molecular flexibility index (Phi) is 5.63. The van der Waals surface area contributed by atoms with E-state index in [0.717, 1.165) is 30.5 Å². The Morgan fingerprint density at radius 2 is 2.11 bits per heavy atom. The number of H-pyrrole nitrogens is 1. The molecule has 3 N–H and O–H groups in total. The molecule has 6 rings (SSSR count). The number of carbonyl (C=O) groups excluding carboxylic acids is 1. The molecule has 1 atom stereocenters. The minimum atomic E-state index is -0.491. The van der Waals surface area contributed by atoms with Crippen LogP contribution in [0.2, 0.25) is 0 Å². The number of aromatic nitrogens is 2. The number of nitrogens with zero attached hydrogens (tertiary/aromatic N) is 1. The summed E-state index contributed by atoms with van der Waals surface area (Å²) < 4.78 is 31.8. The van der Waals surface area contributed by atoms with Gasteiger partial charge in [0.1, 0.15) is 12.4 Å². The molecule has 4 heterocycles. The van der Waals surface area contributed by atoms with E-state index in [0.29, 0.717) is 48.1 Å². The number of methoxy groups -OCH3 is 1. The number of fused-ring (bicyclic) bond motifs is 2. The third-order valence-corrected chi connectivity index (χ3v) is 8.06. The van der Waals surface area contributed by atoms with E-state index in [-0.39, 0.29) is 28.6 Å². The van der Waals surface area contributed by atoms with Crippen LogP contribution in [0, 0.1) is 11.2 Å². The minimum absolute atomic E-state index is 0.0180. The molecule has 37 heavy (non-hydrogen) atoms. The van der Waals surface area contributed by atoms with Crippen molar-refractivity contribution in [1.82, 2.24) is 15.3 Å². The summed E-state index contributed by atoms with van der Waals surface area (Å²) >= 11 is 0. The first-order valence-electron chi connectivity index (χ1n) is 12.7. The lowest BCUT2D eigenvalue weighted by molar-refractivity contribution is -0.180. The SMILES string of the molecule is COc1c(F)cccc1Nc1c(-c2ccncc2OC[C@@H]2OCC2(C)C)[nH]c2c1C(=O)NCC21CCC1. The number of benzene rings is 1. The van der Waals surface area contributed by atoms with Gasteiger partial charge in [-0.25, -0.2) is 4.39 Å². The first-order valence-corrected chi connectivity index (χ1v) is 12.7. The summed E-state index contributed by atoms with van der Waals surface area (Å²) in [6, 6.07) is 6.53. The van der Waals surface area contributed by atoms with Crippen molar-refractivity contribution in [2.75, 3.05) is 32.2 Å². The zero-order valence-electron chi connectivity index (χ0n) is 21.2. The van der Waals surface area contributed by atoms with Crippen molar-refractivity contribution in [3.63, 3.8) is 0 Å². The Morgan fingerprint density at radius 3 is 2.78 bits per heavy atom. The Morgan fingerprint density at radius 1 is 1.27 bits per heavy atom. The Balaban J connectivity index is 1.47. The lowest BCUT2D eigenvalue weighted by atomic mass is 9.64. The van der Waals surface area contributed by atoms with Crippen LogP contribution in [0.1, 0.15) is 49.2 Å². The fourth-order valence-corrected chi connectivity index (χ4v) is 5.53. The topological polar surface area (TPSA) is 97.5 Å². The first kappa shape index (κ1) is 23.8. The van der Waals surface area contributed by atoms with Crippen molar-refractivity contribution in [1.29, 1.82) is 0 Å². The zero-order valence-corrected chi connectivity index (χ0v) is 21.2. The highest BCUT2D eigenvalue weighted by atomic mass is 19.1. The number of nitrogens with one attached hydrogen (secondary N) is 3. The molecule has 2 aliphatic heterocycles. The van der Waals surface area contributed by atoms with Gasteiger partial charge in [-0.15, -0.1) is 0 Å². The van der Waals surface area contributed by atoms with Gasteiger partial charge in [-0.2, -0.15) is 0 Å². The molecule has 2 fully saturated rings. The monoisotopic (exact) mass is 506 g/mol. The van der Waals surface area contributed by atoms with Crippen molar-refractivity contribution < 1.29 is 23.4 Å². The fourth-order valence-electron chi connectivity index (χ4n) is 5.53. The third kappa shape index (κ3) is 3.83. The lowest BCUT2D eigenvalue weighted by Crippen LogP contribution is -2.50. The number of aromatic amines is 1. The molecule has 9 heteroatoms. The highest BCUT2D eigenvalue weighted by Gasteiger charge is 2.47. The highest BCUT2D eigenvalue weighted by Crippen LogP contribution is 2.51. The van der Waals surface area contributed by atoms with Gasteiger partial charge in [0.2, 0.25) is 0 Å². The normalized spacial score (nSPS) is 20.9. The van der Waals surface area contributed by atoms with Gasteiger partial charge in [0.25, 0.3) is 5.91 Å². The molecule has 1 spiro atoms. The van der Waals surface area contributed by atoms with E-state index in [1.165, 1.54) is 13.2 Å². The molecule has 194 valence electrons. The second kappa shape index (κ2) is 8.76. The summed E-state index contributed by atoms with van der Waals surface area (Å²) in [5, 5.41) is 6.40. The first-order chi connectivity index (χ1) is 17.8. The summed E-state index contributed by atoms with van der Waals surface area (Å²) in [7, 11) is 1.42. The molecule has 3 aromatic rings. The van der Waals surface area contributed by atoms with Gasteiger partial charge < -0.3 is 29.8 Å². The summed E-state index contributed by atoms with van der Waals surface area (Å²) in [4.78, 5) is 21.1. The summed E-state index contributed by atoms with van der Waals surface area (Å²) in [5.74, 6) is -0.0123. The van der Waals surface area contributed by atoms with Gasteiger partial charge in [0.05, 0.1) is 48.6 Å². The number of rotatable bonds is 7. The molecule has 2 aromatic heterocycles. The number of amides is 1. The quantitative estimate of drug-likeness (QED) is 0.420. The van der Waals surface area contributed by atoms with Crippen LogP contribution in [0.4, 0.5) is 15.8 Å². The standard InChI is InChI=1S/C28H31FN4O4/c1-27(2)15-37-20(27)13-36-19-12-30-11-8-16(19)22-23(32-18-7-4-6-17(29)24(18)35-3)21-25(33-22)28(9-5-10-28)14-31-26(21)34/h4,6-8,11-12,20,32-33H,5,9-10,13-15H2,1-3H3,(H,31,34)/t20-/m0/s1. The van der Waals surface area contributed by atoms with E-state index in [1.807, 2.05) is 6.07 Å². The number of anilines is 2. The maximum absolute atomic E-state index is 14.6. The van der Waals surface area contributed by atoms with Crippen molar-refractivity contribution in [3.8, 4) is 22.8 Å². The molecule has 0 unspecified atom stereocenters. The molecule has 1 saturated carbocycles. The van der Waals surface area contributed by atoms with Crippen LogP contribution in [0.3, 0.4) is 0 Å². The molecular formula is C28H31FN4O4. The zero-order chi connectivity index (χ0) is 25.8. The number of hydrogen-bond donors (Lipinski definition) is 3. The van der Waals surface area contributed by atoms with Gasteiger partial charge >= 0.3 is 0 Å². The van der Waals surface area contributed by atoms with E-state index >= 15 is 0 Å². The predicted octanol–water partition coefficient (Wildman–Crippen LogP) is 4.94. The number of halogens is 1. The summed E-state index contributed by atoms with van der Waals surface area (Å²) in [6.45, 7) is 5.98. The molecule has 3 aliphatic rings. The molecule has 8 nitrogen and oxygen atoms in total. The van der Waals surface area contributed by atoms with Gasteiger partial charge in [-0.05, 0) is 31.0 Å². The van der Waals surface area contributed by atoms with Crippen LogP contribution in [-0.2, 0) is 10.2 Å². The number of para-hydroxylation sites is 1. The van der Waals surface area contributed by atoms with Crippen molar-refractivity contribution >= 4 is 17.3 Å². The number of carbonyl (C=O) groups is 1. The van der Waals surface area contributed by atoms with E-state index in [1.54, 1.807) is 24.5 Å². The predicted molar refractivity (Wildman–Crippen MR) is 137 cm³/mol. The van der Waals surface area contributed by atoms with Crippen LogP contribution in [0.5, 0.6) is 11.5 Å². The van der Waals surface area contributed by atoms with Gasteiger partial charge in [0.15, 0.2) is 11.6 Å². The number of pyridine rings is 1. The van der Waals surface area contributed by atoms with Gasteiger partial charge in [-0.3, -0.25) is 9.78 Å². The van der Waals surface area contributed by atoms with Crippen LogP contribution < -0.4 is 20.1 Å². The summed E-state index contributed by atoms with van der Waals surface area (Å²) in [5.41, 5.74) is 3.77. The molecule has 1 amide bonds. The highest BCUT2D eigenvalue weighted by molar-refractivity contribution is 6.07. The Hall–Kier alpha value is -3.59. The molecular weight excluding hydrogens is 475 g/mol. The second-order valence-electron chi connectivity index (χ2n) is 10.9. The minimum Gasteiger partial charge on any atom is -0.492 e. The summed E-state index contributed by atoms with van der Waals surface area (Å²) in [6.07, 6.45) is 6.42. The fraction of sp³-hybridized carbons (Fsp3) is 0.429. The van der Waals surface area contributed by atoms with Crippen LogP contribution >= 0.6 is 0 Å². The van der Waals surface area contributed by atoms with Crippen LogP contribution in [-0.4, -0.2) is 48.8 Å². The van der Waals surface area contributed by atoms with Crippen LogP contribution in [0.15, 0.2) is 36.7 Å². The van der Waals surface area contributed by atoms with E-state index in [9.17, 15) is 9.18 Å². The third-order valence-electron chi connectivity index (χ3n) is 8.06. The molecule has 1 aliphatic carbocycles. The Labute approximate surface area is 214 Å². The van der Waals surface area contributed by atoms with E-state index in [2.05, 4.69) is 34.4 Å². The average molecular weight is 507 g/mol. The van der Waals surface area contributed by atoms with Crippen LogP contribution in [0.25, 0.3) is 11.3 Å². The van der Waals surface area contributed by atoms with Crippen molar-refractivity contribution in [2.24, 2.45) is 5.41 Å². The van der Waals surface area contributed by atoms with E-state index in [4.69, 9.17) is 14.2 Å². The largest absolute Gasteiger partial charge is 0.492 e. The van der Waals surface area contributed by atoms with Crippen molar-refractivity contribution in [2.45, 2.75) is 44.6 Å². The number of hydrogen-bond acceptors (Lipinski definition) is 6. The average Bonchev–Trinajstić information content (AvgIpc) is 3.23. The maximum atomic E-state index is 14.6. The Bertz CT molecular complexity index is 1360. The maximum Gasteiger partial charge on any atom is 0.255 e. The molecule has 0 bridgehead atoms. The lowest BCUT2D eigenvalue weighted by Gasteiger charge is -2.44. The number of ether oxygens (including phenoxy) is 3. The van der Waals surface area contributed by atoms with E-state index < -0.39 is 5.82 Å². The second-order valence-corrected chi connectivity index (χ2v) is 10.9.